The van der Waals surface area contributed by atoms with Crippen LogP contribution in [-0.4, -0.2) is 21.3 Å². The normalized spacial score (nSPS) is 12.6. The van der Waals surface area contributed by atoms with Crippen LogP contribution in [0.2, 0.25) is 5.02 Å². The molecule has 102 valence electrons. The highest BCUT2D eigenvalue weighted by atomic mass is 35.5. The van der Waals surface area contributed by atoms with E-state index in [1.165, 1.54) is 0 Å². The number of rotatable bonds is 5. The van der Waals surface area contributed by atoms with Gasteiger partial charge in [-0.05, 0) is 31.5 Å². The molecule has 19 heavy (non-hydrogen) atoms. The number of nitrogens with one attached hydrogen (secondary N) is 1. The molecule has 0 aliphatic carbocycles. The summed E-state index contributed by atoms with van der Waals surface area (Å²) in [5, 5.41) is 8.39. The maximum Gasteiger partial charge on any atom is 0.0837 e. The third-order valence-corrected chi connectivity index (χ3v) is 3.37. The average Bonchev–Trinajstić information content (AvgIpc) is 2.73. The van der Waals surface area contributed by atoms with Crippen LogP contribution in [0.15, 0.2) is 24.5 Å². The van der Waals surface area contributed by atoms with Crippen LogP contribution >= 0.6 is 11.6 Å². The summed E-state index contributed by atoms with van der Waals surface area (Å²) in [7, 11) is 1.91. The standard InChI is InChI=1S/C14H19ClN4/c1-4-7-16-13(11-6-5-10(2)17-8-11)14-12(15)9-18-19(14)3/h5-6,8-9,13,16H,4,7H2,1-3H3. The van der Waals surface area contributed by atoms with Crippen molar-refractivity contribution in [3.05, 3.63) is 46.5 Å². The maximum atomic E-state index is 6.26. The van der Waals surface area contributed by atoms with E-state index in [4.69, 9.17) is 11.6 Å². The zero-order chi connectivity index (χ0) is 13.8. The van der Waals surface area contributed by atoms with Crippen molar-refractivity contribution in [1.29, 1.82) is 0 Å². The summed E-state index contributed by atoms with van der Waals surface area (Å²) >= 11 is 6.26. The van der Waals surface area contributed by atoms with Crippen LogP contribution in [0.3, 0.4) is 0 Å². The lowest BCUT2D eigenvalue weighted by Crippen LogP contribution is -2.25. The SMILES string of the molecule is CCCNC(c1ccc(C)nc1)c1c(Cl)cnn1C. The van der Waals surface area contributed by atoms with Crippen molar-refractivity contribution in [1.82, 2.24) is 20.1 Å². The molecular weight excluding hydrogens is 260 g/mol. The van der Waals surface area contributed by atoms with Gasteiger partial charge in [-0.25, -0.2) is 0 Å². The zero-order valence-electron chi connectivity index (χ0n) is 11.5. The molecule has 0 saturated heterocycles. The molecule has 0 aliphatic heterocycles. The Labute approximate surface area is 118 Å². The number of halogens is 1. The van der Waals surface area contributed by atoms with E-state index in [0.29, 0.717) is 5.02 Å². The predicted octanol–water partition coefficient (Wildman–Crippen LogP) is 2.87. The van der Waals surface area contributed by atoms with Crippen molar-refractivity contribution in [2.24, 2.45) is 7.05 Å². The molecule has 0 amide bonds. The van der Waals surface area contributed by atoms with Gasteiger partial charge in [-0.3, -0.25) is 9.67 Å². The molecule has 2 aromatic heterocycles. The van der Waals surface area contributed by atoms with Crippen molar-refractivity contribution < 1.29 is 0 Å². The Balaban J connectivity index is 2.38. The fourth-order valence-corrected chi connectivity index (χ4v) is 2.33. The lowest BCUT2D eigenvalue weighted by molar-refractivity contribution is 0.552. The molecule has 2 heterocycles. The highest BCUT2D eigenvalue weighted by molar-refractivity contribution is 6.31. The summed E-state index contributed by atoms with van der Waals surface area (Å²) < 4.78 is 1.81. The number of aromatic nitrogens is 3. The van der Waals surface area contributed by atoms with Gasteiger partial charge in [0.05, 0.1) is 23.0 Å². The van der Waals surface area contributed by atoms with Gasteiger partial charge >= 0.3 is 0 Å². The number of pyridine rings is 1. The highest BCUT2D eigenvalue weighted by Gasteiger charge is 2.20. The van der Waals surface area contributed by atoms with Crippen molar-refractivity contribution in [3.8, 4) is 0 Å². The summed E-state index contributed by atoms with van der Waals surface area (Å²) in [6.45, 7) is 5.04. The molecule has 2 aromatic rings. The fourth-order valence-electron chi connectivity index (χ4n) is 2.06. The fraction of sp³-hybridized carbons (Fsp3) is 0.429. The minimum absolute atomic E-state index is 0.0213. The molecule has 0 bridgehead atoms. The Morgan fingerprint density at radius 3 is 2.68 bits per heavy atom. The lowest BCUT2D eigenvalue weighted by atomic mass is 10.1. The Morgan fingerprint density at radius 2 is 2.16 bits per heavy atom. The summed E-state index contributed by atoms with van der Waals surface area (Å²) in [6, 6.07) is 4.12. The topological polar surface area (TPSA) is 42.7 Å². The van der Waals surface area contributed by atoms with Gasteiger partial charge in [0.2, 0.25) is 0 Å². The molecule has 2 rings (SSSR count). The highest BCUT2D eigenvalue weighted by Crippen LogP contribution is 2.27. The Bertz CT molecular complexity index is 513. The maximum absolute atomic E-state index is 6.26. The predicted molar refractivity (Wildman–Crippen MR) is 77.3 cm³/mol. The van der Waals surface area contributed by atoms with Crippen LogP contribution in [0.5, 0.6) is 0 Å². The summed E-state index contributed by atoms with van der Waals surface area (Å²) in [4.78, 5) is 4.36. The first kappa shape index (κ1) is 14.0. The van der Waals surface area contributed by atoms with Crippen molar-refractivity contribution in [2.45, 2.75) is 26.3 Å². The third kappa shape index (κ3) is 3.14. The van der Waals surface area contributed by atoms with Crippen molar-refractivity contribution in [2.75, 3.05) is 6.54 Å². The van der Waals surface area contributed by atoms with Crippen LogP contribution in [-0.2, 0) is 7.05 Å². The zero-order valence-corrected chi connectivity index (χ0v) is 12.3. The van der Waals surface area contributed by atoms with E-state index in [0.717, 1.165) is 29.9 Å². The van der Waals surface area contributed by atoms with Crippen LogP contribution < -0.4 is 5.32 Å². The van der Waals surface area contributed by atoms with Gasteiger partial charge in [-0.1, -0.05) is 24.6 Å². The van der Waals surface area contributed by atoms with Gasteiger partial charge in [0.25, 0.3) is 0 Å². The van der Waals surface area contributed by atoms with Crippen molar-refractivity contribution >= 4 is 11.6 Å². The number of nitrogens with zero attached hydrogens (tertiary/aromatic N) is 3. The monoisotopic (exact) mass is 278 g/mol. The van der Waals surface area contributed by atoms with Crippen LogP contribution in [0, 0.1) is 6.92 Å². The first-order chi connectivity index (χ1) is 9.13. The molecule has 1 N–H and O–H groups in total. The van der Waals surface area contributed by atoms with Crippen LogP contribution in [0.4, 0.5) is 0 Å². The quantitative estimate of drug-likeness (QED) is 0.914. The molecule has 0 aliphatic rings. The Morgan fingerprint density at radius 1 is 1.37 bits per heavy atom. The van der Waals surface area contributed by atoms with Gasteiger partial charge < -0.3 is 5.32 Å². The van der Waals surface area contributed by atoms with E-state index in [9.17, 15) is 0 Å². The Hall–Kier alpha value is -1.39. The molecule has 5 heteroatoms. The second kappa shape index (κ2) is 6.17. The largest absolute Gasteiger partial charge is 0.305 e. The number of hydrogen-bond donors (Lipinski definition) is 1. The van der Waals surface area contributed by atoms with E-state index in [1.54, 1.807) is 6.20 Å². The van der Waals surface area contributed by atoms with Crippen LogP contribution in [0.1, 0.15) is 36.3 Å². The van der Waals surface area contributed by atoms with Gasteiger partial charge in [0, 0.05) is 18.9 Å². The van der Waals surface area contributed by atoms with Gasteiger partial charge in [0.15, 0.2) is 0 Å². The summed E-state index contributed by atoms with van der Waals surface area (Å²) in [5.41, 5.74) is 3.08. The van der Waals surface area contributed by atoms with Crippen molar-refractivity contribution in [3.63, 3.8) is 0 Å². The van der Waals surface area contributed by atoms with E-state index in [1.807, 2.05) is 30.9 Å². The summed E-state index contributed by atoms with van der Waals surface area (Å²) in [6.07, 6.45) is 4.64. The molecule has 0 saturated carbocycles. The summed E-state index contributed by atoms with van der Waals surface area (Å²) in [5.74, 6) is 0. The second-order valence-electron chi connectivity index (χ2n) is 4.62. The molecule has 0 spiro atoms. The average molecular weight is 279 g/mol. The van der Waals surface area contributed by atoms with E-state index < -0.39 is 0 Å². The molecule has 0 radical (unpaired) electrons. The molecule has 1 unspecified atom stereocenters. The minimum atomic E-state index is 0.0213. The lowest BCUT2D eigenvalue weighted by Gasteiger charge is -2.19. The smallest absolute Gasteiger partial charge is 0.0837 e. The van der Waals surface area contributed by atoms with E-state index in [2.05, 4.69) is 28.4 Å². The Kier molecular flexibility index (Phi) is 4.56. The molecule has 0 fully saturated rings. The van der Waals surface area contributed by atoms with Gasteiger partial charge in [-0.15, -0.1) is 0 Å². The number of hydrogen-bond acceptors (Lipinski definition) is 3. The second-order valence-corrected chi connectivity index (χ2v) is 5.03. The first-order valence-electron chi connectivity index (χ1n) is 6.46. The van der Waals surface area contributed by atoms with E-state index >= 15 is 0 Å². The van der Waals surface area contributed by atoms with Gasteiger partial charge in [0.1, 0.15) is 0 Å². The van der Waals surface area contributed by atoms with Gasteiger partial charge in [-0.2, -0.15) is 5.10 Å². The van der Waals surface area contributed by atoms with E-state index in [-0.39, 0.29) is 6.04 Å². The minimum Gasteiger partial charge on any atom is -0.305 e. The molecule has 4 nitrogen and oxygen atoms in total. The number of aryl methyl sites for hydroxylation is 2. The molecular formula is C14H19ClN4. The third-order valence-electron chi connectivity index (χ3n) is 3.08. The van der Waals surface area contributed by atoms with Crippen LogP contribution in [0.25, 0.3) is 0 Å². The molecule has 1 atom stereocenters. The molecule has 0 aromatic carbocycles. The first-order valence-corrected chi connectivity index (χ1v) is 6.84.